The molecule has 0 spiro atoms. The average molecular weight is 383 g/mol. The van der Waals surface area contributed by atoms with Crippen LogP contribution in [0.15, 0.2) is 59.4 Å². The highest BCUT2D eigenvalue weighted by Gasteiger charge is 2.11. The number of aliphatic hydroxyl groups excluding tert-OH is 1. The zero-order chi connectivity index (χ0) is 18.8. The van der Waals surface area contributed by atoms with Gasteiger partial charge in [-0.1, -0.05) is 48.0 Å². The number of rotatable bonds is 5. The highest BCUT2D eigenvalue weighted by molar-refractivity contribution is 6.31. The van der Waals surface area contributed by atoms with Crippen LogP contribution in [0, 0.1) is 0 Å². The molecule has 2 aromatic heterocycles. The lowest BCUT2D eigenvalue weighted by molar-refractivity contribution is 0.257. The van der Waals surface area contributed by atoms with Gasteiger partial charge in [0.2, 0.25) is 0 Å². The van der Waals surface area contributed by atoms with Crippen molar-refractivity contribution in [3.05, 3.63) is 81.2 Å². The van der Waals surface area contributed by atoms with Gasteiger partial charge in [0.1, 0.15) is 12.4 Å². The summed E-state index contributed by atoms with van der Waals surface area (Å²) in [5, 5.41) is 12.8. The van der Waals surface area contributed by atoms with E-state index < -0.39 is 0 Å². The molecule has 27 heavy (non-hydrogen) atoms. The van der Waals surface area contributed by atoms with E-state index in [2.05, 4.69) is 15.1 Å². The molecule has 2 N–H and O–H groups in total. The molecule has 0 saturated carbocycles. The van der Waals surface area contributed by atoms with Gasteiger partial charge in [0.15, 0.2) is 5.82 Å². The van der Waals surface area contributed by atoms with Gasteiger partial charge in [-0.2, -0.15) is 9.50 Å². The average Bonchev–Trinajstić information content (AvgIpc) is 3.12. The number of aromatic nitrogens is 4. The summed E-state index contributed by atoms with van der Waals surface area (Å²) in [6.45, 7) is -0.198. The lowest BCUT2D eigenvalue weighted by Gasteiger charge is -2.10. The molecule has 0 amide bonds. The van der Waals surface area contributed by atoms with Gasteiger partial charge in [0.25, 0.3) is 11.3 Å². The van der Waals surface area contributed by atoms with Crippen LogP contribution in [0.2, 0.25) is 5.02 Å². The first-order valence-electron chi connectivity index (χ1n) is 8.21. The molecule has 0 aliphatic carbocycles. The van der Waals surface area contributed by atoms with E-state index in [0.717, 1.165) is 5.56 Å². The number of hydrogen-bond donors (Lipinski definition) is 2. The highest BCUT2D eigenvalue weighted by atomic mass is 35.5. The van der Waals surface area contributed by atoms with Gasteiger partial charge in [0.05, 0.1) is 12.3 Å². The molecular formula is C19H15ClN4O3. The Labute approximate surface area is 158 Å². The van der Waals surface area contributed by atoms with Gasteiger partial charge in [-0.05, 0) is 12.1 Å². The van der Waals surface area contributed by atoms with Crippen LogP contribution in [0.1, 0.15) is 11.3 Å². The molecule has 4 aromatic rings. The van der Waals surface area contributed by atoms with Crippen LogP contribution in [0.5, 0.6) is 5.75 Å². The number of benzene rings is 2. The van der Waals surface area contributed by atoms with Crippen LogP contribution in [-0.2, 0) is 13.2 Å². The number of aliphatic hydroxyl groups is 1. The van der Waals surface area contributed by atoms with Crippen molar-refractivity contribution < 1.29 is 9.84 Å². The van der Waals surface area contributed by atoms with Crippen molar-refractivity contribution in [2.24, 2.45) is 0 Å². The summed E-state index contributed by atoms with van der Waals surface area (Å²) in [6, 6.07) is 15.9. The summed E-state index contributed by atoms with van der Waals surface area (Å²) in [5.74, 6) is 1.25. The molecule has 0 aliphatic rings. The zero-order valence-electron chi connectivity index (χ0n) is 14.1. The number of hydrogen-bond acceptors (Lipinski definition) is 5. The number of H-pyrrole nitrogens is 1. The molecule has 0 aliphatic heterocycles. The number of nitrogens with one attached hydrogen (secondary N) is 1. The first kappa shape index (κ1) is 17.3. The Morgan fingerprint density at radius 3 is 2.70 bits per heavy atom. The number of fused-ring (bicyclic) bond motifs is 1. The van der Waals surface area contributed by atoms with E-state index in [1.165, 1.54) is 10.6 Å². The monoisotopic (exact) mass is 382 g/mol. The Hall–Kier alpha value is -3.16. The lowest BCUT2D eigenvalue weighted by Crippen LogP contribution is -2.16. The molecule has 0 atom stereocenters. The standard InChI is InChI=1S/C19H15ClN4O3/c20-15-7-4-8-16(14(15)10-25)27-11-13-9-17(26)24-19(21-13)22-18(23-24)12-5-2-1-3-6-12/h1-9,25H,10-11H2,(H,21,22,23). The quantitative estimate of drug-likeness (QED) is 0.553. The Kier molecular flexibility index (Phi) is 4.62. The molecule has 4 rings (SSSR count). The second-order valence-corrected chi connectivity index (χ2v) is 6.23. The predicted octanol–water partition coefficient (Wildman–Crippen LogP) is 2.81. The van der Waals surface area contributed by atoms with Crippen LogP contribution in [0.4, 0.5) is 0 Å². The van der Waals surface area contributed by atoms with Gasteiger partial charge in [-0.15, -0.1) is 0 Å². The van der Waals surface area contributed by atoms with Crippen molar-refractivity contribution in [2.75, 3.05) is 0 Å². The fraction of sp³-hybridized carbons (Fsp3) is 0.105. The lowest BCUT2D eigenvalue weighted by atomic mass is 10.2. The zero-order valence-corrected chi connectivity index (χ0v) is 14.8. The second kappa shape index (κ2) is 7.22. The summed E-state index contributed by atoms with van der Waals surface area (Å²) in [6.07, 6.45) is 0. The first-order chi connectivity index (χ1) is 13.2. The number of nitrogens with zero attached hydrogens (tertiary/aromatic N) is 3. The van der Waals surface area contributed by atoms with Crippen molar-refractivity contribution in [2.45, 2.75) is 13.2 Å². The molecule has 0 fully saturated rings. The van der Waals surface area contributed by atoms with Crippen LogP contribution < -0.4 is 10.3 Å². The normalized spacial score (nSPS) is 11.0. The summed E-state index contributed by atoms with van der Waals surface area (Å²) in [4.78, 5) is 21.1. The molecule has 2 heterocycles. The molecule has 7 nitrogen and oxygen atoms in total. The van der Waals surface area contributed by atoms with E-state index in [-0.39, 0.29) is 24.6 Å². The van der Waals surface area contributed by atoms with Gasteiger partial charge in [-0.25, -0.2) is 4.98 Å². The maximum atomic E-state index is 12.4. The molecule has 0 radical (unpaired) electrons. The summed E-state index contributed by atoms with van der Waals surface area (Å²) in [7, 11) is 0. The van der Waals surface area contributed by atoms with Gasteiger partial charge < -0.3 is 9.84 Å². The Bertz CT molecular complexity index is 1150. The predicted molar refractivity (Wildman–Crippen MR) is 101 cm³/mol. The fourth-order valence-electron chi connectivity index (χ4n) is 2.71. The molecule has 0 unspecified atom stereocenters. The largest absolute Gasteiger partial charge is 0.487 e. The van der Waals surface area contributed by atoms with E-state index in [0.29, 0.717) is 27.9 Å². The van der Waals surface area contributed by atoms with Gasteiger partial charge in [-0.3, -0.25) is 9.89 Å². The number of ether oxygens (including phenoxy) is 1. The summed E-state index contributed by atoms with van der Waals surface area (Å²) >= 11 is 6.05. The highest BCUT2D eigenvalue weighted by Crippen LogP contribution is 2.26. The molecule has 8 heteroatoms. The maximum Gasteiger partial charge on any atom is 0.274 e. The number of halogens is 1. The van der Waals surface area contributed by atoms with Crippen LogP contribution in [0.25, 0.3) is 17.2 Å². The van der Waals surface area contributed by atoms with Crippen LogP contribution in [0.3, 0.4) is 0 Å². The third kappa shape index (κ3) is 3.42. The second-order valence-electron chi connectivity index (χ2n) is 5.82. The minimum Gasteiger partial charge on any atom is -0.487 e. The van der Waals surface area contributed by atoms with Crippen LogP contribution in [-0.4, -0.2) is 24.7 Å². The Balaban J connectivity index is 1.64. The molecule has 0 bridgehead atoms. The molecule has 0 saturated heterocycles. The third-order valence-electron chi connectivity index (χ3n) is 4.04. The number of aromatic amines is 1. The summed E-state index contributed by atoms with van der Waals surface area (Å²) < 4.78 is 6.98. The van der Waals surface area contributed by atoms with Gasteiger partial charge >= 0.3 is 0 Å². The minimum absolute atomic E-state index is 0.0482. The molecular weight excluding hydrogens is 368 g/mol. The van der Waals surface area contributed by atoms with E-state index >= 15 is 0 Å². The van der Waals surface area contributed by atoms with Crippen molar-refractivity contribution in [3.63, 3.8) is 0 Å². The van der Waals surface area contributed by atoms with Crippen molar-refractivity contribution in [3.8, 4) is 17.1 Å². The van der Waals surface area contributed by atoms with E-state index in [9.17, 15) is 9.90 Å². The van der Waals surface area contributed by atoms with Crippen molar-refractivity contribution >= 4 is 17.4 Å². The fourth-order valence-corrected chi connectivity index (χ4v) is 2.93. The first-order valence-corrected chi connectivity index (χ1v) is 8.58. The SMILES string of the molecule is O=c1cc(COc2cccc(Cl)c2CO)nc2nc(-c3ccccc3)[nH]n12. The molecule has 2 aromatic carbocycles. The van der Waals surface area contributed by atoms with Crippen molar-refractivity contribution in [1.82, 2.24) is 19.6 Å². The minimum atomic E-state index is -0.290. The van der Waals surface area contributed by atoms with Crippen molar-refractivity contribution in [1.29, 1.82) is 0 Å². The molecule has 136 valence electrons. The Morgan fingerprint density at radius 2 is 1.93 bits per heavy atom. The van der Waals surface area contributed by atoms with E-state index in [4.69, 9.17) is 16.3 Å². The smallest absolute Gasteiger partial charge is 0.274 e. The van der Waals surface area contributed by atoms with E-state index in [1.807, 2.05) is 30.3 Å². The summed E-state index contributed by atoms with van der Waals surface area (Å²) in [5.41, 5.74) is 1.48. The maximum absolute atomic E-state index is 12.4. The van der Waals surface area contributed by atoms with Crippen LogP contribution >= 0.6 is 11.6 Å². The topological polar surface area (TPSA) is 92.5 Å². The third-order valence-corrected chi connectivity index (χ3v) is 4.39. The van der Waals surface area contributed by atoms with Gasteiger partial charge in [0, 0.05) is 22.2 Å². The van der Waals surface area contributed by atoms with E-state index in [1.54, 1.807) is 18.2 Å². The Morgan fingerprint density at radius 1 is 1.11 bits per heavy atom.